The lowest BCUT2D eigenvalue weighted by molar-refractivity contribution is -0.145. The summed E-state index contributed by atoms with van der Waals surface area (Å²) in [6, 6.07) is 5.28. The lowest BCUT2D eigenvalue weighted by Gasteiger charge is -2.39. The van der Waals surface area contributed by atoms with Crippen molar-refractivity contribution in [3.8, 4) is 12.3 Å². The summed E-state index contributed by atoms with van der Waals surface area (Å²) in [5, 5.41) is 6.00. The highest BCUT2D eigenvalue weighted by molar-refractivity contribution is 7.98. The third-order valence-corrected chi connectivity index (χ3v) is 7.45. The molecule has 1 aromatic carbocycles. The summed E-state index contributed by atoms with van der Waals surface area (Å²) in [6.07, 6.45) is 13.3. The van der Waals surface area contributed by atoms with Gasteiger partial charge in [-0.05, 0) is 77.0 Å². The Morgan fingerprint density at radius 3 is 2.42 bits per heavy atom. The van der Waals surface area contributed by atoms with Gasteiger partial charge in [-0.25, -0.2) is 4.79 Å². The van der Waals surface area contributed by atoms with Gasteiger partial charge < -0.3 is 20.3 Å². The van der Waals surface area contributed by atoms with Crippen LogP contribution in [0.5, 0.6) is 0 Å². The van der Waals surface area contributed by atoms with Crippen molar-refractivity contribution in [1.29, 1.82) is 0 Å². The molecule has 3 unspecified atom stereocenters. The minimum Gasteiger partial charge on any atom is -0.444 e. The Kier molecular flexibility index (Phi) is 12.5. The Morgan fingerprint density at radius 1 is 1.18 bits per heavy atom. The molecule has 0 aliphatic heterocycles. The third kappa shape index (κ3) is 9.27. The van der Waals surface area contributed by atoms with Gasteiger partial charge in [0, 0.05) is 17.6 Å². The normalized spacial score (nSPS) is 16.4. The summed E-state index contributed by atoms with van der Waals surface area (Å²) in [5.41, 5.74) is 0.470. The van der Waals surface area contributed by atoms with Crippen LogP contribution >= 0.6 is 11.8 Å². The highest BCUT2D eigenvalue weighted by atomic mass is 32.2. The van der Waals surface area contributed by atoms with E-state index in [4.69, 9.17) is 11.2 Å². The number of terminal acetylenes is 1. The largest absolute Gasteiger partial charge is 0.444 e. The van der Waals surface area contributed by atoms with Crippen molar-refractivity contribution in [2.24, 2.45) is 0 Å². The van der Waals surface area contributed by atoms with Gasteiger partial charge in [-0.1, -0.05) is 50.3 Å². The average molecular weight is 544 g/mol. The summed E-state index contributed by atoms with van der Waals surface area (Å²) in [4.78, 5) is 42.6. The zero-order valence-corrected chi connectivity index (χ0v) is 24.7. The lowest BCUT2D eigenvalue weighted by atomic mass is 9.93. The minimum atomic E-state index is -0.927. The standard InChI is InChI=1S/C30H45N3O4S/c1-8-21(3)33(28(35)25(19-20-38-7)32-29(36)37-30(4,5)6)26(24-18-14-13-15-22(24)9-2)27(34)31-23-16-11-10-12-17-23/h2,13-15,18,21,23,25-26H,8,10-12,16-17,19-20H2,1,3-7H3,(H,31,34)(H,32,36). The van der Waals surface area contributed by atoms with Crippen LogP contribution in [0.15, 0.2) is 24.3 Å². The number of carbonyl (C=O) groups excluding carboxylic acids is 3. The second-order valence-corrected chi connectivity index (χ2v) is 11.9. The summed E-state index contributed by atoms with van der Waals surface area (Å²) in [5.74, 6) is 2.78. The molecule has 8 heteroatoms. The van der Waals surface area contributed by atoms with Gasteiger partial charge in [-0.2, -0.15) is 11.8 Å². The van der Waals surface area contributed by atoms with Crippen LogP contribution in [0.25, 0.3) is 0 Å². The molecule has 1 aliphatic carbocycles. The van der Waals surface area contributed by atoms with E-state index in [-0.39, 0.29) is 23.9 Å². The van der Waals surface area contributed by atoms with Crippen LogP contribution in [0.2, 0.25) is 0 Å². The first kappa shape index (κ1) is 31.6. The molecule has 3 atom stereocenters. The van der Waals surface area contributed by atoms with E-state index in [1.807, 2.05) is 38.3 Å². The molecule has 3 amide bonds. The maximum atomic E-state index is 14.3. The second-order valence-electron chi connectivity index (χ2n) is 11.0. The molecule has 38 heavy (non-hydrogen) atoms. The van der Waals surface area contributed by atoms with Gasteiger partial charge in [0.1, 0.15) is 17.7 Å². The molecule has 0 saturated heterocycles. The molecular formula is C30H45N3O4S. The van der Waals surface area contributed by atoms with E-state index < -0.39 is 23.8 Å². The average Bonchev–Trinajstić information content (AvgIpc) is 2.88. The molecule has 7 nitrogen and oxygen atoms in total. The number of carbonyl (C=O) groups is 3. The molecule has 0 heterocycles. The van der Waals surface area contributed by atoms with Crippen molar-refractivity contribution in [1.82, 2.24) is 15.5 Å². The smallest absolute Gasteiger partial charge is 0.408 e. The predicted octanol–water partition coefficient (Wildman–Crippen LogP) is 5.43. The van der Waals surface area contributed by atoms with E-state index in [2.05, 4.69) is 16.6 Å². The fraction of sp³-hybridized carbons (Fsp3) is 0.633. The number of benzene rings is 1. The first-order valence-electron chi connectivity index (χ1n) is 13.7. The Balaban J connectivity index is 2.53. The monoisotopic (exact) mass is 543 g/mol. The molecule has 1 aliphatic rings. The van der Waals surface area contributed by atoms with Crippen LogP contribution in [-0.4, -0.2) is 58.5 Å². The Morgan fingerprint density at radius 2 is 1.84 bits per heavy atom. The number of thioether (sulfide) groups is 1. The number of rotatable bonds is 11. The van der Waals surface area contributed by atoms with Crippen LogP contribution in [0.4, 0.5) is 4.79 Å². The molecule has 2 N–H and O–H groups in total. The molecular weight excluding hydrogens is 498 g/mol. The van der Waals surface area contributed by atoms with Crippen LogP contribution in [0.1, 0.15) is 96.7 Å². The van der Waals surface area contributed by atoms with Crippen molar-refractivity contribution >= 4 is 29.7 Å². The molecule has 0 bridgehead atoms. The van der Waals surface area contributed by atoms with E-state index in [0.717, 1.165) is 25.7 Å². The summed E-state index contributed by atoms with van der Waals surface area (Å²) in [6.45, 7) is 9.24. The Hall–Kier alpha value is -2.66. The highest BCUT2D eigenvalue weighted by Gasteiger charge is 2.39. The first-order chi connectivity index (χ1) is 18.0. The molecule has 1 saturated carbocycles. The first-order valence-corrected chi connectivity index (χ1v) is 15.1. The van der Waals surface area contributed by atoms with Crippen LogP contribution in [-0.2, 0) is 14.3 Å². The van der Waals surface area contributed by atoms with E-state index in [9.17, 15) is 14.4 Å². The second kappa shape index (κ2) is 15.1. The molecule has 0 aromatic heterocycles. The minimum absolute atomic E-state index is 0.0674. The van der Waals surface area contributed by atoms with E-state index in [1.54, 1.807) is 43.5 Å². The third-order valence-electron chi connectivity index (χ3n) is 6.81. The van der Waals surface area contributed by atoms with Crippen LogP contribution in [0, 0.1) is 12.3 Å². The number of ether oxygens (including phenoxy) is 1. The van der Waals surface area contributed by atoms with E-state index in [0.29, 0.717) is 29.7 Å². The van der Waals surface area contributed by atoms with E-state index >= 15 is 0 Å². The fourth-order valence-corrected chi connectivity index (χ4v) is 5.20. The summed E-state index contributed by atoms with van der Waals surface area (Å²) >= 11 is 1.59. The maximum Gasteiger partial charge on any atom is 0.408 e. The summed E-state index contributed by atoms with van der Waals surface area (Å²) < 4.78 is 5.46. The number of nitrogens with zero attached hydrogens (tertiary/aromatic N) is 1. The van der Waals surface area contributed by atoms with Gasteiger partial charge in [-0.15, -0.1) is 6.42 Å². The molecule has 1 aromatic rings. The van der Waals surface area contributed by atoms with Crippen molar-refractivity contribution in [2.45, 2.75) is 109 Å². The van der Waals surface area contributed by atoms with E-state index in [1.165, 1.54) is 6.42 Å². The van der Waals surface area contributed by atoms with Crippen molar-refractivity contribution < 1.29 is 19.1 Å². The molecule has 0 spiro atoms. The summed E-state index contributed by atoms with van der Waals surface area (Å²) in [7, 11) is 0. The number of hydrogen-bond acceptors (Lipinski definition) is 5. The number of nitrogens with one attached hydrogen (secondary N) is 2. The van der Waals surface area contributed by atoms with Crippen molar-refractivity contribution in [2.75, 3.05) is 12.0 Å². The zero-order chi connectivity index (χ0) is 28.3. The van der Waals surface area contributed by atoms with Gasteiger partial charge in [-0.3, -0.25) is 9.59 Å². The molecule has 2 rings (SSSR count). The van der Waals surface area contributed by atoms with Gasteiger partial charge in [0.05, 0.1) is 0 Å². The number of amides is 3. The topological polar surface area (TPSA) is 87.7 Å². The van der Waals surface area contributed by atoms with Crippen LogP contribution in [0.3, 0.4) is 0 Å². The number of alkyl carbamates (subject to hydrolysis) is 1. The van der Waals surface area contributed by atoms with Crippen molar-refractivity contribution in [3.05, 3.63) is 35.4 Å². The molecule has 210 valence electrons. The maximum absolute atomic E-state index is 14.3. The van der Waals surface area contributed by atoms with Gasteiger partial charge in [0.15, 0.2) is 0 Å². The van der Waals surface area contributed by atoms with Crippen molar-refractivity contribution in [3.63, 3.8) is 0 Å². The zero-order valence-electron chi connectivity index (χ0n) is 23.8. The fourth-order valence-electron chi connectivity index (χ4n) is 4.73. The molecule has 0 radical (unpaired) electrons. The predicted molar refractivity (Wildman–Crippen MR) is 155 cm³/mol. The van der Waals surface area contributed by atoms with Gasteiger partial charge in [0.25, 0.3) is 0 Å². The van der Waals surface area contributed by atoms with Crippen LogP contribution < -0.4 is 10.6 Å². The van der Waals surface area contributed by atoms with Gasteiger partial charge >= 0.3 is 6.09 Å². The number of hydrogen-bond donors (Lipinski definition) is 2. The SMILES string of the molecule is C#Cc1ccccc1C(C(=O)NC1CCCCC1)N(C(=O)C(CCSC)NC(=O)OC(C)(C)C)C(C)CC. The highest BCUT2D eigenvalue weighted by Crippen LogP contribution is 2.30. The lowest BCUT2D eigenvalue weighted by Crippen LogP contribution is -2.56. The quantitative estimate of drug-likeness (QED) is 0.363. The van der Waals surface area contributed by atoms with Gasteiger partial charge in [0.2, 0.25) is 11.8 Å². The Bertz CT molecular complexity index is 978. The molecule has 1 fully saturated rings. The Labute approximate surface area is 233 Å².